The number of likely N-dealkylation sites (tertiary alicyclic amines) is 1. The van der Waals surface area contributed by atoms with Crippen molar-refractivity contribution in [3.63, 3.8) is 0 Å². The standard InChI is InChI=1S/C26H29FN2O5/c1-2-15-34-19-9-7-18(8-10-19)24(30)22-23(20-5-3-4-6-21(20)27)29(26(32)25(22)31)12-11-28-13-16-33-17-14-28/h3-10,23,30H,2,11-17H2,1H3/b24-22+/t23-/m0/s1. The number of nitrogens with zero attached hydrogens (tertiary/aromatic N) is 2. The van der Waals surface area contributed by atoms with E-state index in [-0.39, 0.29) is 23.4 Å². The van der Waals surface area contributed by atoms with Crippen molar-refractivity contribution < 1.29 is 28.6 Å². The zero-order valence-corrected chi connectivity index (χ0v) is 19.2. The molecule has 34 heavy (non-hydrogen) atoms. The van der Waals surface area contributed by atoms with Gasteiger partial charge in [0, 0.05) is 37.3 Å². The smallest absolute Gasteiger partial charge is 0.295 e. The Kier molecular flexibility index (Phi) is 7.59. The fraction of sp³-hybridized carbons (Fsp3) is 0.385. The molecule has 1 amide bonds. The molecule has 2 fully saturated rings. The number of aliphatic hydroxyl groups excluding tert-OH is 1. The maximum Gasteiger partial charge on any atom is 0.295 e. The van der Waals surface area contributed by atoms with Crippen LogP contribution in [0.5, 0.6) is 5.75 Å². The second-order valence-electron chi connectivity index (χ2n) is 8.34. The van der Waals surface area contributed by atoms with Crippen molar-refractivity contribution in [1.29, 1.82) is 0 Å². The van der Waals surface area contributed by atoms with Gasteiger partial charge in [0.15, 0.2) is 0 Å². The lowest BCUT2D eigenvalue weighted by molar-refractivity contribution is -0.140. The van der Waals surface area contributed by atoms with Gasteiger partial charge in [-0.2, -0.15) is 0 Å². The first-order chi connectivity index (χ1) is 16.5. The highest BCUT2D eigenvalue weighted by Gasteiger charge is 2.46. The second-order valence-corrected chi connectivity index (χ2v) is 8.34. The second kappa shape index (κ2) is 10.8. The van der Waals surface area contributed by atoms with Gasteiger partial charge in [0.05, 0.1) is 31.4 Å². The summed E-state index contributed by atoms with van der Waals surface area (Å²) >= 11 is 0. The molecule has 0 spiro atoms. The van der Waals surface area contributed by atoms with Crippen molar-refractivity contribution in [2.45, 2.75) is 19.4 Å². The minimum Gasteiger partial charge on any atom is -0.507 e. The number of carbonyl (C=O) groups is 2. The van der Waals surface area contributed by atoms with E-state index in [1.54, 1.807) is 42.5 Å². The summed E-state index contributed by atoms with van der Waals surface area (Å²) in [5.41, 5.74) is 0.420. The summed E-state index contributed by atoms with van der Waals surface area (Å²) in [4.78, 5) is 29.6. The Bertz CT molecular complexity index is 1060. The molecule has 8 heteroatoms. The predicted octanol–water partition coefficient (Wildman–Crippen LogP) is 3.37. The Morgan fingerprint density at radius 1 is 1.09 bits per heavy atom. The normalized spacial score (nSPS) is 20.6. The molecule has 1 atom stereocenters. The van der Waals surface area contributed by atoms with E-state index < -0.39 is 23.5 Å². The summed E-state index contributed by atoms with van der Waals surface area (Å²) in [6.07, 6.45) is 0.859. The van der Waals surface area contributed by atoms with E-state index in [4.69, 9.17) is 9.47 Å². The largest absolute Gasteiger partial charge is 0.507 e. The summed E-state index contributed by atoms with van der Waals surface area (Å²) in [5, 5.41) is 11.1. The van der Waals surface area contributed by atoms with Crippen molar-refractivity contribution in [3.8, 4) is 5.75 Å². The Labute approximate surface area is 198 Å². The van der Waals surface area contributed by atoms with Gasteiger partial charge >= 0.3 is 0 Å². The van der Waals surface area contributed by atoms with E-state index in [2.05, 4.69) is 4.90 Å². The van der Waals surface area contributed by atoms with Gasteiger partial charge in [0.25, 0.3) is 11.7 Å². The first kappa shape index (κ1) is 23.9. The Hall–Kier alpha value is -3.23. The van der Waals surface area contributed by atoms with Gasteiger partial charge in [0.2, 0.25) is 0 Å². The minimum atomic E-state index is -1.02. The Morgan fingerprint density at radius 3 is 2.47 bits per heavy atom. The van der Waals surface area contributed by atoms with Crippen LogP contribution in [0.25, 0.3) is 5.76 Å². The monoisotopic (exact) mass is 468 g/mol. The van der Waals surface area contributed by atoms with Gasteiger partial charge in [-0.05, 0) is 36.8 Å². The summed E-state index contributed by atoms with van der Waals surface area (Å²) in [7, 11) is 0. The molecule has 0 radical (unpaired) electrons. The minimum absolute atomic E-state index is 0.112. The molecule has 2 saturated heterocycles. The van der Waals surface area contributed by atoms with Crippen LogP contribution in [0.15, 0.2) is 54.1 Å². The van der Waals surface area contributed by atoms with Crippen LogP contribution in [0.1, 0.15) is 30.5 Å². The highest BCUT2D eigenvalue weighted by molar-refractivity contribution is 6.46. The molecule has 2 aromatic carbocycles. The third-order valence-electron chi connectivity index (χ3n) is 6.10. The maximum atomic E-state index is 14.9. The van der Waals surface area contributed by atoms with Crippen molar-refractivity contribution in [3.05, 3.63) is 71.0 Å². The lowest BCUT2D eigenvalue weighted by atomic mass is 9.95. The summed E-state index contributed by atoms with van der Waals surface area (Å²) in [5.74, 6) is -1.80. The van der Waals surface area contributed by atoms with Gasteiger partial charge in [-0.1, -0.05) is 25.1 Å². The number of hydrogen-bond acceptors (Lipinski definition) is 6. The molecule has 2 aliphatic heterocycles. The molecule has 2 aliphatic rings. The van der Waals surface area contributed by atoms with Gasteiger partial charge in [-0.3, -0.25) is 14.5 Å². The molecule has 2 heterocycles. The number of Topliss-reactive ketones (excluding diaryl/α,β-unsaturated/α-hetero) is 1. The number of amides is 1. The molecular formula is C26H29FN2O5. The number of ketones is 1. The molecule has 0 unspecified atom stereocenters. The summed E-state index contributed by atoms with van der Waals surface area (Å²) in [6, 6.07) is 11.7. The van der Waals surface area contributed by atoms with Crippen molar-refractivity contribution in [1.82, 2.24) is 9.80 Å². The van der Waals surface area contributed by atoms with Gasteiger partial charge in [-0.25, -0.2) is 4.39 Å². The lowest BCUT2D eigenvalue weighted by Crippen LogP contribution is -2.42. The lowest BCUT2D eigenvalue weighted by Gasteiger charge is -2.31. The third-order valence-corrected chi connectivity index (χ3v) is 6.10. The van der Waals surface area contributed by atoms with Gasteiger partial charge in [0.1, 0.15) is 17.3 Å². The van der Waals surface area contributed by atoms with E-state index >= 15 is 0 Å². The number of aliphatic hydroxyl groups is 1. The molecule has 1 N–H and O–H groups in total. The summed E-state index contributed by atoms with van der Waals surface area (Å²) < 4.78 is 25.8. The van der Waals surface area contributed by atoms with Crippen LogP contribution in [0.2, 0.25) is 0 Å². The molecule has 2 aromatic rings. The number of halogens is 1. The molecule has 0 aliphatic carbocycles. The molecule has 7 nitrogen and oxygen atoms in total. The van der Waals surface area contributed by atoms with Gasteiger partial charge < -0.3 is 19.5 Å². The van der Waals surface area contributed by atoms with E-state index in [0.717, 1.165) is 19.5 Å². The first-order valence-corrected chi connectivity index (χ1v) is 11.6. The molecular weight excluding hydrogens is 439 g/mol. The number of benzene rings is 2. The number of carbonyl (C=O) groups excluding carboxylic acids is 2. The van der Waals surface area contributed by atoms with Crippen LogP contribution >= 0.6 is 0 Å². The van der Waals surface area contributed by atoms with Gasteiger partial charge in [-0.15, -0.1) is 0 Å². The van der Waals surface area contributed by atoms with Crippen molar-refractivity contribution in [2.24, 2.45) is 0 Å². The molecule has 4 rings (SSSR count). The van der Waals surface area contributed by atoms with Crippen molar-refractivity contribution in [2.75, 3.05) is 46.0 Å². The highest BCUT2D eigenvalue weighted by Crippen LogP contribution is 2.40. The van der Waals surface area contributed by atoms with E-state index in [1.165, 1.54) is 11.0 Å². The molecule has 180 valence electrons. The first-order valence-electron chi connectivity index (χ1n) is 11.6. The van der Waals surface area contributed by atoms with Crippen LogP contribution in [-0.4, -0.2) is 72.6 Å². The van der Waals surface area contributed by atoms with E-state index in [0.29, 0.717) is 37.7 Å². The fourth-order valence-electron chi connectivity index (χ4n) is 4.29. The number of ether oxygens (including phenoxy) is 2. The SMILES string of the molecule is CCCOc1ccc(/C(O)=C2\C(=O)C(=O)N(CCN3CCOCC3)[C@H]2c2ccccc2F)cc1. The quantitative estimate of drug-likeness (QED) is 0.364. The fourth-order valence-corrected chi connectivity index (χ4v) is 4.29. The van der Waals surface area contributed by atoms with Crippen molar-refractivity contribution >= 4 is 17.4 Å². The Balaban J connectivity index is 1.69. The average molecular weight is 469 g/mol. The van der Waals surface area contributed by atoms with E-state index in [1.807, 2.05) is 6.92 Å². The molecule has 0 bridgehead atoms. The third kappa shape index (κ3) is 4.98. The van der Waals surface area contributed by atoms with Crippen LogP contribution in [0.3, 0.4) is 0 Å². The highest BCUT2D eigenvalue weighted by atomic mass is 19.1. The van der Waals surface area contributed by atoms with Crippen LogP contribution in [0, 0.1) is 5.82 Å². The zero-order chi connectivity index (χ0) is 24.1. The number of hydrogen-bond donors (Lipinski definition) is 1. The number of morpholine rings is 1. The summed E-state index contributed by atoms with van der Waals surface area (Å²) in [6.45, 7) is 5.96. The molecule has 0 aromatic heterocycles. The maximum absolute atomic E-state index is 14.9. The van der Waals surface area contributed by atoms with Crippen LogP contribution < -0.4 is 4.74 Å². The number of rotatable bonds is 8. The average Bonchev–Trinajstić information content (AvgIpc) is 3.11. The predicted molar refractivity (Wildman–Crippen MR) is 125 cm³/mol. The molecule has 0 saturated carbocycles. The Morgan fingerprint density at radius 2 is 1.79 bits per heavy atom. The van der Waals surface area contributed by atoms with Crippen LogP contribution in [0.4, 0.5) is 4.39 Å². The topological polar surface area (TPSA) is 79.3 Å². The van der Waals surface area contributed by atoms with E-state index in [9.17, 15) is 19.1 Å². The van der Waals surface area contributed by atoms with Crippen LogP contribution in [-0.2, 0) is 14.3 Å². The zero-order valence-electron chi connectivity index (χ0n) is 19.2.